The van der Waals surface area contributed by atoms with Crippen LogP contribution in [0.5, 0.6) is 0 Å². The van der Waals surface area contributed by atoms with Gasteiger partial charge in [-0.05, 0) is 62.5 Å². The van der Waals surface area contributed by atoms with Gasteiger partial charge in [0, 0.05) is 6.54 Å². The van der Waals surface area contributed by atoms with Crippen LogP contribution >= 0.6 is 12.1 Å². The molecule has 0 aromatic heterocycles. The minimum Gasteiger partial charge on any atom is -0.317 e. The van der Waals surface area contributed by atoms with Gasteiger partial charge >= 0.3 is 0 Å². The van der Waals surface area contributed by atoms with Crippen molar-refractivity contribution in [3.63, 3.8) is 0 Å². The zero-order valence-corrected chi connectivity index (χ0v) is 14.4. The van der Waals surface area contributed by atoms with Gasteiger partial charge in [0.05, 0.1) is 23.5 Å². The number of hydrogen-bond acceptors (Lipinski definition) is 4. The monoisotopic (exact) mass is 343 g/mol. The molecule has 4 rings (SSSR count). The van der Waals surface area contributed by atoms with E-state index in [0.717, 1.165) is 43.3 Å². The first-order chi connectivity index (χ1) is 11.8. The molecular formula is C19H22FN3S. The van der Waals surface area contributed by atoms with Crippen LogP contribution in [0.25, 0.3) is 0 Å². The molecule has 2 aromatic carbocycles. The maximum absolute atomic E-state index is 14.5. The summed E-state index contributed by atoms with van der Waals surface area (Å²) in [6.45, 7) is 3.20. The number of para-hydroxylation sites is 2. The molecule has 5 heteroatoms. The Kier molecular flexibility index (Phi) is 4.63. The van der Waals surface area contributed by atoms with Crippen LogP contribution in [-0.4, -0.2) is 19.6 Å². The highest BCUT2D eigenvalue weighted by Crippen LogP contribution is 2.50. The SMILES string of the molecule is Fc1cccc2c1N(c1ccccc1)SN2CCC1CCNCC1. The van der Waals surface area contributed by atoms with Gasteiger partial charge in [0.2, 0.25) is 0 Å². The molecular weight excluding hydrogens is 321 g/mol. The molecule has 1 saturated heterocycles. The van der Waals surface area contributed by atoms with E-state index >= 15 is 0 Å². The molecule has 0 aliphatic carbocycles. The Hall–Kier alpha value is -1.72. The van der Waals surface area contributed by atoms with E-state index in [-0.39, 0.29) is 5.82 Å². The Labute approximate surface area is 147 Å². The van der Waals surface area contributed by atoms with Crippen molar-refractivity contribution >= 4 is 29.2 Å². The summed E-state index contributed by atoms with van der Waals surface area (Å²) in [7, 11) is 0. The molecule has 1 fully saturated rings. The van der Waals surface area contributed by atoms with Gasteiger partial charge in [-0.1, -0.05) is 24.3 Å². The molecule has 2 aliphatic heterocycles. The maximum atomic E-state index is 14.5. The third-order valence-electron chi connectivity index (χ3n) is 4.81. The standard InChI is InChI=1S/C19H22FN3S/c20-17-7-4-8-18-19(17)23(16-5-2-1-3-6-16)24-22(18)14-11-15-9-12-21-13-10-15/h1-8,15,21H,9-14H2. The molecule has 0 atom stereocenters. The molecule has 3 nitrogen and oxygen atoms in total. The highest BCUT2D eigenvalue weighted by Gasteiger charge is 2.31. The van der Waals surface area contributed by atoms with Gasteiger partial charge in [-0.15, -0.1) is 0 Å². The van der Waals surface area contributed by atoms with E-state index < -0.39 is 0 Å². The second kappa shape index (κ2) is 7.03. The summed E-state index contributed by atoms with van der Waals surface area (Å²) in [6, 6.07) is 15.4. The molecule has 0 amide bonds. The lowest BCUT2D eigenvalue weighted by atomic mass is 9.95. The van der Waals surface area contributed by atoms with Crippen LogP contribution in [0.15, 0.2) is 48.5 Å². The summed E-state index contributed by atoms with van der Waals surface area (Å²) in [5.41, 5.74) is 2.68. The van der Waals surface area contributed by atoms with Gasteiger partial charge in [0.1, 0.15) is 11.5 Å². The summed E-state index contributed by atoms with van der Waals surface area (Å²) in [5.74, 6) is 0.614. The minimum atomic E-state index is -0.159. The van der Waals surface area contributed by atoms with Crippen molar-refractivity contribution in [2.45, 2.75) is 19.3 Å². The lowest BCUT2D eigenvalue weighted by Crippen LogP contribution is -2.29. The van der Waals surface area contributed by atoms with Crippen molar-refractivity contribution in [2.75, 3.05) is 28.2 Å². The number of benzene rings is 2. The molecule has 2 aliphatic rings. The Morgan fingerprint density at radius 1 is 1.04 bits per heavy atom. The minimum absolute atomic E-state index is 0.159. The van der Waals surface area contributed by atoms with E-state index in [1.165, 1.54) is 12.8 Å². The second-order valence-electron chi connectivity index (χ2n) is 6.40. The first-order valence-electron chi connectivity index (χ1n) is 8.63. The number of hydrogen-bond donors (Lipinski definition) is 1. The molecule has 0 radical (unpaired) electrons. The third kappa shape index (κ3) is 3.10. The van der Waals surface area contributed by atoms with Crippen LogP contribution in [0.1, 0.15) is 19.3 Å². The van der Waals surface area contributed by atoms with Crippen molar-refractivity contribution in [2.24, 2.45) is 5.92 Å². The fourth-order valence-corrected chi connectivity index (χ4v) is 4.56. The molecule has 1 N–H and O–H groups in total. The quantitative estimate of drug-likeness (QED) is 0.808. The lowest BCUT2D eigenvalue weighted by molar-refractivity contribution is 0.359. The molecule has 126 valence electrons. The zero-order valence-electron chi connectivity index (χ0n) is 13.6. The first-order valence-corrected chi connectivity index (χ1v) is 9.36. The molecule has 0 bridgehead atoms. The number of rotatable bonds is 4. The van der Waals surface area contributed by atoms with Crippen molar-refractivity contribution in [3.05, 3.63) is 54.3 Å². The van der Waals surface area contributed by atoms with Crippen LogP contribution in [0.4, 0.5) is 21.5 Å². The van der Waals surface area contributed by atoms with E-state index in [9.17, 15) is 4.39 Å². The predicted molar refractivity (Wildman–Crippen MR) is 100 cm³/mol. The van der Waals surface area contributed by atoms with E-state index in [0.29, 0.717) is 5.69 Å². The molecule has 0 unspecified atom stereocenters. The number of halogens is 1. The fourth-order valence-electron chi connectivity index (χ4n) is 3.46. The third-order valence-corrected chi connectivity index (χ3v) is 5.94. The zero-order chi connectivity index (χ0) is 16.4. The Morgan fingerprint density at radius 2 is 1.83 bits per heavy atom. The average molecular weight is 343 g/mol. The van der Waals surface area contributed by atoms with Crippen LogP contribution in [-0.2, 0) is 0 Å². The van der Waals surface area contributed by atoms with E-state index in [1.54, 1.807) is 24.3 Å². The molecule has 0 saturated carbocycles. The summed E-state index contributed by atoms with van der Waals surface area (Å²) in [4.78, 5) is 0. The molecule has 2 heterocycles. The lowest BCUT2D eigenvalue weighted by Gasteiger charge is -2.25. The second-order valence-corrected chi connectivity index (χ2v) is 7.37. The van der Waals surface area contributed by atoms with Crippen molar-refractivity contribution in [1.82, 2.24) is 5.32 Å². The number of piperidine rings is 1. The van der Waals surface area contributed by atoms with Crippen molar-refractivity contribution in [1.29, 1.82) is 0 Å². The summed E-state index contributed by atoms with van der Waals surface area (Å²) in [6.07, 6.45) is 3.65. The van der Waals surface area contributed by atoms with Gasteiger partial charge in [-0.3, -0.25) is 8.61 Å². The van der Waals surface area contributed by atoms with Crippen LogP contribution in [0.2, 0.25) is 0 Å². The molecule has 2 aromatic rings. The van der Waals surface area contributed by atoms with Crippen LogP contribution in [0.3, 0.4) is 0 Å². The van der Waals surface area contributed by atoms with Crippen LogP contribution < -0.4 is 13.9 Å². The van der Waals surface area contributed by atoms with Crippen LogP contribution in [0, 0.1) is 11.7 Å². The van der Waals surface area contributed by atoms with Gasteiger partial charge < -0.3 is 5.32 Å². The Morgan fingerprint density at radius 3 is 2.62 bits per heavy atom. The molecule has 0 spiro atoms. The van der Waals surface area contributed by atoms with Crippen molar-refractivity contribution in [3.8, 4) is 0 Å². The Bertz CT molecular complexity index is 688. The van der Waals surface area contributed by atoms with Crippen molar-refractivity contribution < 1.29 is 4.39 Å². The topological polar surface area (TPSA) is 18.5 Å². The highest BCUT2D eigenvalue weighted by molar-refractivity contribution is 8.02. The number of anilines is 3. The first kappa shape index (κ1) is 15.8. The smallest absolute Gasteiger partial charge is 0.149 e. The molecule has 24 heavy (non-hydrogen) atoms. The van der Waals surface area contributed by atoms with E-state index in [1.807, 2.05) is 40.7 Å². The largest absolute Gasteiger partial charge is 0.317 e. The Balaban J connectivity index is 1.55. The van der Waals surface area contributed by atoms with Gasteiger partial charge in [-0.25, -0.2) is 4.39 Å². The number of nitrogens with one attached hydrogen (secondary N) is 1. The number of fused-ring (bicyclic) bond motifs is 1. The predicted octanol–water partition coefficient (Wildman–Crippen LogP) is 4.74. The van der Waals surface area contributed by atoms with Gasteiger partial charge in [0.25, 0.3) is 0 Å². The number of nitrogens with zero attached hydrogens (tertiary/aromatic N) is 2. The van der Waals surface area contributed by atoms with E-state index in [2.05, 4.69) is 9.62 Å². The van der Waals surface area contributed by atoms with E-state index in [4.69, 9.17) is 0 Å². The van der Waals surface area contributed by atoms with Gasteiger partial charge in [-0.2, -0.15) is 0 Å². The highest BCUT2D eigenvalue weighted by atomic mass is 32.2. The van der Waals surface area contributed by atoms with Gasteiger partial charge in [0.15, 0.2) is 0 Å². The summed E-state index contributed by atoms with van der Waals surface area (Å²) in [5, 5.41) is 3.42. The maximum Gasteiger partial charge on any atom is 0.149 e. The summed E-state index contributed by atoms with van der Waals surface area (Å²) >= 11 is 1.61. The normalized spacial score (nSPS) is 18.0. The summed E-state index contributed by atoms with van der Waals surface area (Å²) < 4.78 is 18.8. The average Bonchev–Trinajstić information content (AvgIpc) is 3.02. The fraction of sp³-hybridized carbons (Fsp3) is 0.368.